The third kappa shape index (κ3) is 5.26. The Labute approximate surface area is 166 Å². The lowest BCUT2D eigenvalue weighted by atomic mass is 9.93. The number of ether oxygens (including phenoxy) is 1. The number of aryl methyl sites for hydroxylation is 1. The molecule has 0 saturated heterocycles. The van der Waals surface area contributed by atoms with E-state index in [1.165, 1.54) is 0 Å². The van der Waals surface area contributed by atoms with E-state index in [0.717, 1.165) is 41.0 Å². The summed E-state index contributed by atoms with van der Waals surface area (Å²) in [6, 6.07) is 4.21. The molecule has 1 atom stereocenters. The average Bonchev–Trinajstić information content (AvgIpc) is 2.54. The highest BCUT2D eigenvalue weighted by Gasteiger charge is 2.39. The quantitative estimate of drug-likeness (QED) is 0.461. The lowest BCUT2D eigenvalue weighted by Crippen LogP contribution is -2.43. The highest BCUT2D eigenvalue weighted by atomic mass is 28.4. The van der Waals surface area contributed by atoms with Crippen LogP contribution in [-0.4, -0.2) is 25.6 Å². The molecule has 0 aliphatic carbocycles. The molecule has 0 amide bonds. The van der Waals surface area contributed by atoms with E-state index >= 15 is 0 Å². The van der Waals surface area contributed by atoms with Gasteiger partial charge in [-0.05, 0) is 75.5 Å². The van der Waals surface area contributed by atoms with Crippen LogP contribution in [0.15, 0.2) is 29.9 Å². The van der Waals surface area contributed by atoms with Gasteiger partial charge in [-0.25, -0.2) is 0 Å². The van der Waals surface area contributed by atoms with Gasteiger partial charge in [0, 0.05) is 5.56 Å². The van der Waals surface area contributed by atoms with Crippen LogP contribution >= 0.6 is 0 Å². The number of aliphatic hydroxyl groups is 1. The predicted molar refractivity (Wildman–Crippen MR) is 117 cm³/mol. The van der Waals surface area contributed by atoms with Gasteiger partial charge < -0.3 is 14.3 Å². The summed E-state index contributed by atoms with van der Waals surface area (Å²) in [7, 11) is -1.87. The Hall–Kier alpha value is -1.52. The molecule has 1 aromatic rings. The Balaban J connectivity index is 2.20. The Morgan fingerprint density at radius 1 is 1.30 bits per heavy atom. The van der Waals surface area contributed by atoms with Gasteiger partial charge in [-0.15, -0.1) is 0 Å². The molecule has 1 aliphatic rings. The Morgan fingerprint density at radius 3 is 2.56 bits per heavy atom. The van der Waals surface area contributed by atoms with Gasteiger partial charge in [-0.2, -0.15) is 0 Å². The van der Waals surface area contributed by atoms with Crippen LogP contribution in [-0.2, 0) is 0 Å². The van der Waals surface area contributed by atoms with Crippen molar-refractivity contribution in [2.24, 2.45) is 0 Å². The number of benzene rings is 1. The van der Waals surface area contributed by atoms with Gasteiger partial charge >= 0.3 is 0 Å². The number of aliphatic hydroxyl groups excluding tert-OH is 1. The zero-order chi connectivity index (χ0) is 20.5. The third-order valence-corrected chi connectivity index (χ3v) is 10.1. The molecule has 1 aliphatic heterocycles. The molecule has 1 heterocycles. The van der Waals surface area contributed by atoms with Crippen LogP contribution in [0.25, 0.3) is 6.08 Å². The average molecular weight is 389 g/mol. The zero-order valence-electron chi connectivity index (χ0n) is 18.3. The smallest absolute Gasteiger partial charge is 0.250 e. The standard InChI is InChI=1S/C23H36O3Si/c1-17(16-24)10-9-12-23(6)13-11-19-15-20(14-18(2)21(19)25-23)26-27(7,8)22(3,4)5/h10-11,13-15,24H,9,12,16H2,1-8H3/b17-10+. The van der Waals surface area contributed by atoms with E-state index in [-0.39, 0.29) is 17.2 Å². The summed E-state index contributed by atoms with van der Waals surface area (Å²) in [6.45, 7) is 17.6. The number of hydrogen-bond donors (Lipinski definition) is 1. The summed E-state index contributed by atoms with van der Waals surface area (Å²) in [4.78, 5) is 0. The first-order valence-corrected chi connectivity index (χ1v) is 12.8. The van der Waals surface area contributed by atoms with Crippen molar-refractivity contribution in [1.82, 2.24) is 0 Å². The topological polar surface area (TPSA) is 38.7 Å². The van der Waals surface area contributed by atoms with E-state index < -0.39 is 8.32 Å². The maximum atomic E-state index is 9.14. The second-order valence-electron chi connectivity index (χ2n) is 9.52. The van der Waals surface area contributed by atoms with Crippen molar-refractivity contribution < 1.29 is 14.3 Å². The molecule has 0 aromatic heterocycles. The van der Waals surface area contributed by atoms with Crippen LogP contribution in [0.2, 0.25) is 18.1 Å². The Kier molecular flexibility index (Phi) is 6.32. The van der Waals surface area contributed by atoms with Gasteiger partial charge in [-0.3, -0.25) is 0 Å². The van der Waals surface area contributed by atoms with E-state index in [4.69, 9.17) is 14.3 Å². The van der Waals surface area contributed by atoms with E-state index in [1.54, 1.807) is 0 Å². The number of allylic oxidation sites excluding steroid dienone is 1. The Morgan fingerprint density at radius 2 is 1.96 bits per heavy atom. The summed E-state index contributed by atoms with van der Waals surface area (Å²) >= 11 is 0. The molecule has 0 bridgehead atoms. The lowest BCUT2D eigenvalue weighted by Gasteiger charge is -2.37. The second-order valence-corrected chi connectivity index (χ2v) is 14.2. The van der Waals surface area contributed by atoms with Gasteiger partial charge in [0.05, 0.1) is 6.61 Å². The highest BCUT2D eigenvalue weighted by molar-refractivity contribution is 6.74. The SMILES string of the molecule is C/C(=C\CCC1(C)C=Cc2cc(O[Si](C)(C)C(C)(C)C)cc(C)c2O1)CO. The molecule has 3 nitrogen and oxygen atoms in total. The normalized spacial score (nSPS) is 20.3. The van der Waals surface area contributed by atoms with Gasteiger partial charge in [0.2, 0.25) is 8.32 Å². The molecule has 150 valence electrons. The largest absolute Gasteiger partial charge is 0.543 e. The molecule has 4 heteroatoms. The molecule has 0 fully saturated rings. The maximum absolute atomic E-state index is 9.14. The minimum Gasteiger partial charge on any atom is -0.543 e. The molecule has 2 rings (SSSR count). The fourth-order valence-electron chi connectivity index (χ4n) is 2.87. The van der Waals surface area contributed by atoms with Crippen molar-refractivity contribution in [3.8, 4) is 11.5 Å². The van der Waals surface area contributed by atoms with Gasteiger partial charge in [0.15, 0.2) is 0 Å². The van der Waals surface area contributed by atoms with Crippen molar-refractivity contribution in [2.45, 2.75) is 78.1 Å². The van der Waals surface area contributed by atoms with Crippen LogP contribution in [0, 0.1) is 6.92 Å². The number of rotatable bonds is 6. The Bertz CT molecular complexity index is 741. The molecular weight excluding hydrogens is 352 g/mol. The zero-order valence-corrected chi connectivity index (χ0v) is 19.3. The van der Waals surface area contributed by atoms with Crippen LogP contribution in [0.3, 0.4) is 0 Å². The third-order valence-electron chi connectivity index (χ3n) is 5.79. The van der Waals surface area contributed by atoms with Crippen molar-refractivity contribution in [3.05, 3.63) is 41.0 Å². The fraction of sp³-hybridized carbons (Fsp3) is 0.565. The summed E-state index contributed by atoms with van der Waals surface area (Å²) in [5, 5.41) is 9.31. The molecule has 0 radical (unpaired) electrons. The van der Waals surface area contributed by atoms with Crippen molar-refractivity contribution in [1.29, 1.82) is 0 Å². The first-order chi connectivity index (χ1) is 12.4. The van der Waals surface area contributed by atoms with Gasteiger partial charge in [0.25, 0.3) is 0 Å². The lowest BCUT2D eigenvalue weighted by molar-refractivity contribution is 0.127. The molecular formula is C23H36O3Si. The van der Waals surface area contributed by atoms with Crippen molar-refractivity contribution in [2.75, 3.05) is 6.61 Å². The van der Waals surface area contributed by atoms with E-state index in [1.807, 2.05) is 6.92 Å². The molecule has 1 unspecified atom stereocenters. The fourth-order valence-corrected chi connectivity index (χ4v) is 3.89. The molecule has 27 heavy (non-hydrogen) atoms. The molecule has 1 N–H and O–H groups in total. The van der Waals surface area contributed by atoms with Crippen LogP contribution in [0.5, 0.6) is 11.5 Å². The van der Waals surface area contributed by atoms with E-state index in [0.29, 0.717) is 0 Å². The van der Waals surface area contributed by atoms with Gasteiger partial charge in [-0.1, -0.05) is 38.5 Å². The highest BCUT2D eigenvalue weighted by Crippen LogP contribution is 2.41. The molecule has 1 aromatic carbocycles. The molecule has 0 spiro atoms. The van der Waals surface area contributed by atoms with Crippen molar-refractivity contribution in [3.63, 3.8) is 0 Å². The molecule has 0 saturated carbocycles. The predicted octanol–water partition coefficient (Wildman–Crippen LogP) is 6.26. The maximum Gasteiger partial charge on any atom is 0.250 e. The van der Waals surface area contributed by atoms with E-state index in [9.17, 15) is 0 Å². The first kappa shape index (κ1) is 21.8. The first-order valence-electron chi connectivity index (χ1n) is 9.85. The summed E-state index contributed by atoms with van der Waals surface area (Å²) in [5.74, 6) is 1.89. The minimum atomic E-state index is -1.87. The number of hydrogen-bond acceptors (Lipinski definition) is 3. The van der Waals surface area contributed by atoms with Crippen LogP contribution in [0.1, 0.15) is 58.6 Å². The minimum absolute atomic E-state index is 0.117. The summed E-state index contributed by atoms with van der Waals surface area (Å²) in [6.07, 6.45) is 8.15. The summed E-state index contributed by atoms with van der Waals surface area (Å²) in [5.41, 5.74) is 2.87. The van der Waals surface area contributed by atoms with Crippen LogP contribution < -0.4 is 9.16 Å². The monoisotopic (exact) mass is 388 g/mol. The van der Waals surface area contributed by atoms with Crippen LogP contribution in [0.4, 0.5) is 0 Å². The van der Waals surface area contributed by atoms with Gasteiger partial charge in [0.1, 0.15) is 17.1 Å². The summed E-state index contributed by atoms with van der Waals surface area (Å²) < 4.78 is 12.9. The second kappa shape index (κ2) is 7.84. The number of fused-ring (bicyclic) bond motifs is 1. The van der Waals surface area contributed by atoms with E-state index in [2.05, 4.69) is 78.1 Å². The van der Waals surface area contributed by atoms with Crippen molar-refractivity contribution >= 4 is 14.4 Å².